The van der Waals surface area contributed by atoms with E-state index in [0.717, 1.165) is 11.1 Å². The first kappa shape index (κ1) is 27.5. The van der Waals surface area contributed by atoms with Crippen molar-refractivity contribution in [1.29, 1.82) is 0 Å². The van der Waals surface area contributed by atoms with E-state index in [4.69, 9.17) is 0 Å². The van der Waals surface area contributed by atoms with Gasteiger partial charge in [-0.15, -0.1) is 0 Å². The molecule has 0 atom stereocenters. The van der Waals surface area contributed by atoms with Crippen LogP contribution >= 0.6 is 0 Å². The maximum absolute atomic E-state index is 11.9. The SMILES string of the molecule is O=C(CCC(=O)Nc1ccccc1)NN=Cc1ccc(C=NNC(=O)CCC(=O)Nc2ccccc2)cc1. The second-order valence-corrected chi connectivity index (χ2v) is 8.08. The monoisotopic (exact) mass is 512 g/mol. The van der Waals surface area contributed by atoms with Crippen LogP contribution in [0.4, 0.5) is 11.4 Å². The molecule has 0 radical (unpaired) electrons. The number of hydrogen-bond donors (Lipinski definition) is 4. The average molecular weight is 513 g/mol. The topological polar surface area (TPSA) is 141 Å². The third kappa shape index (κ3) is 10.6. The first-order chi connectivity index (χ1) is 18.5. The van der Waals surface area contributed by atoms with Gasteiger partial charge in [0.1, 0.15) is 0 Å². The lowest BCUT2D eigenvalue weighted by Crippen LogP contribution is -2.20. The van der Waals surface area contributed by atoms with Gasteiger partial charge in [-0.25, -0.2) is 10.9 Å². The Kier molecular flexibility index (Phi) is 10.9. The molecule has 10 heteroatoms. The smallest absolute Gasteiger partial charge is 0.240 e. The van der Waals surface area contributed by atoms with Gasteiger partial charge < -0.3 is 10.6 Å². The van der Waals surface area contributed by atoms with Crippen LogP contribution in [0.2, 0.25) is 0 Å². The van der Waals surface area contributed by atoms with Crippen molar-refractivity contribution in [3.05, 3.63) is 96.1 Å². The Morgan fingerprint density at radius 3 is 1.21 bits per heavy atom. The van der Waals surface area contributed by atoms with Crippen LogP contribution in [0.5, 0.6) is 0 Å². The first-order valence-corrected chi connectivity index (χ1v) is 11.9. The number of rotatable bonds is 12. The van der Waals surface area contributed by atoms with Crippen molar-refractivity contribution >= 4 is 47.4 Å². The molecule has 10 nitrogen and oxygen atoms in total. The van der Waals surface area contributed by atoms with Crippen molar-refractivity contribution in [2.75, 3.05) is 10.6 Å². The predicted molar refractivity (Wildman–Crippen MR) is 147 cm³/mol. The molecule has 3 rings (SSSR count). The molecule has 3 aromatic rings. The molecule has 0 aliphatic rings. The number of nitrogens with zero attached hydrogens (tertiary/aromatic N) is 2. The molecule has 0 aliphatic carbocycles. The largest absolute Gasteiger partial charge is 0.326 e. The maximum atomic E-state index is 11.9. The molecule has 0 fully saturated rings. The number of nitrogens with one attached hydrogen (secondary N) is 4. The molecule has 0 saturated carbocycles. The van der Waals surface area contributed by atoms with Gasteiger partial charge in [0.05, 0.1) is 12.4 Å². The van der Waals surface area contributed by atoms with E-state index in [-0.39, 0.29) is 49.3 Å². The van der Waals surface area contributed by atoms with E-state index in [1.807, 2.05) is 36.4 Å². The second kappa shape index (κ2) is 15.1. The lowest BCUT2D eigenvalue weighted by molar-refractivity contribution is -0.124. The van der Waals surface area contributed by atoms with Gasteiger partial charge >= 0.3 is 0 Å². The highest BCUT2D eigenvalue weighted by Crippen LogP contribution is 2.07. The Morgan fingerprint density at radius 2 is 0.842 bits per heavy atom. The molecule has 0 aromatic heterocycles. The molecule has 3 aromatic carbocycles. The van der Waals surface area contributed by atoms with Crippen LogP contribution in [-0.2, 0) is 19.2 Å². The predicted octanol–water partition coefficient (Wildman–Crippen LogP) is 3.42. The van der Waals surface area contributed by atoms with Crippen LogP contribution in [0.25, 0.3) is 0 Å². The van der Waals surface area contributed by atoms with Crippen molar-refractivity contribution < 1.29 is 19.2 Å². The van der Waals surface area contributed by atoms with Crippen LogP contribution < -0.4 is 21.5 Å². The van der Waals surface area contributed by atoms with Crippen LogP contribution in [0, 0.1) is 0 Å². The summed E-state index contributed by atoms with van der Waals surface area (Å²) >= 11 is 0. The van der Waals surface area contributed by atoms with Crippen molar-refractivity contribution in [3.63, 3.8) is 0 Å². The Morgan fingerprint density at radius 1 is 0.500 bits per heavy atom. The molecule has 4 amide bonds. The number of benzene rings is 3. The molecule has 38 heavy (non-hydrogen) atoms. The molecule has 194 valence electrons. The Balaban J connectivity index is 1.31. The van der Waals surface area contributed by atoms with E-state index in [1.165, 1.54) is 12.4 Å². The van der Waals surface area contributed by atoms with Crippen molar-refractivity contribution in [2.24, 2.45) is 10.2 Å². The molecule has 0 unspecified atom stereocenters. The second-order valence-electron chi connectivity index (χ2n) is 8.08. The summed E-state index contributed by atoms with van der Waals surface area (Å²) in [6.45, 7) is 0. The van der Waals surface area contributed by atoms with Crippen LogP contribution in [-0.4, -0.2) is 36.1 Å². The van der Waals surface area contributed by atoms with Crippen molar-refractivity contribution in [1.82, 2.24) is 10.9 Å². The highest BCUT2D eigenvalue weighted by atomic mass is 16.2. The Bertz CT molecular complexity index is 1180. The fourth-order valence-corrected chi connectivity index (χ4v) is 3.08. The minimum absolute atomic E-state index is 0.00876. The summed E-state index contributed by atoms with van der Waals surface area (Å²) in [6, 6.07) is 25.1. The minimum atomic E-state index is -0.374. The number of para-hydroxylation sites is 2. The van der Waals surface area contributed by atoms with Crippen LogP contribution in [0.3, 0.4) is 0 Å². The molecular formula is C28H28N6O4. The maximum Gasteiger partial charge on any atom is 0.240 e. The lowest BCUT2D eigenvalue weighted by Gasteiger charge is -2.04. The third-order valence-electron chi connectivity index (χ3n) is 5.02. The summed E-state index contributed by atoms with van der Waals surface area (Å²) in [7, 11) is 0. The van der Waals surface area contributed by atoms with E-state index in [0.29, 0.717) is 11.4 Å². The van der Waals surface area contributed by atoms with Gasteiger partial charge in [-0.2, -0.15) is 10.2 Å². The van der Waals surface area contributed by atoms with Crippen molar-refractivity contribution in [2.45, 2.75) is 25.7 Å². The molecule has 0 aliphatic heterocycles. The Hall–Kier alpha value is -5.12. The van der Waals surface area contributed by atoms with Crippen LogP contribution in [0.15, 0.2) is 95.1 Å². The van der Waals surface area contributed by atoms with E-state index in [1.54, 1.807) is 48.5 Å². The highest BCUT2D eigenvalue weighted by Gasteiger charge is 2.07. The standard InChI is InChI=1S/C28H28N6O4/c35-25(31-23-7-3-1-4-8-23)15-17-27(37)33-29-19-21-11-13-22(14-12-21)20-30-34-28(38)18-16-26(36)32-24-9-5-2-6-10-24/h1-14,19-20H,15-18H2,(H,31,35)(H,32,36)(H,33,37)(H,34,38). The summed E-state index contributed by atoms with van der Waals surface area (Å²) in [5, 5.41) is 13.2. The summed E-state index contributed by atoms with van der Waals surface area (Å²) in [5.41, 5.74) is 7.61. The van der Waals surface area contributed by atoms with Crippen molar-refractivity contribution in [3.8, 4) is 0 Å². The van der Waals surface area contributed by atoms with E-state index in [2.05, 4.69) is 31.7 Å². The normalized spacial score (nSPS) is 10.7. The molecular weight excluding hydrogens is 484 g/mol. The third-order valence-corrected chi connectivity index (χ3v) is 5.02. The summed E-state index contributed by atoms with van der Waals surface area (Å²) in [5.74, 6) is -1.25. The zero-order valence-electron chi connectivity index (χ0n) is 20.6. The lowest BCUT2D eigenvalue weighted by atomic mass is 10.2. The zero-order valence-corrected chi connectivity index (χ0v) is 20.6. The summed E-state index contributed by atoms with van der Waals surface area (Å²) in [6.07, 6.45) is 3.06. The first-order valence-electron chi connectivity index (χ1n) is 11.9. The van der Waals surface area contributed by atoms with Gasteiger partial charge in [-0.05, 0) is 35.4 Å². The van der Waals surface area contributed by atoms with E-state index in [9.17, 15) is 19.2 Å². The fourth-order valence-electron chi connectivity index (χ4n) is 3.08. The quantitative estimate of drug-likeness (QED) is 0.218. The molecule has 0 saturated heterocycles. The fraction of sp³-hybridized carbons (Fsp3) is 0.143. The van der Waals surface area contributed by atoms with Gasteiger partial charge in [-0.3, -0.25) is 19.2 Å². The summed E-state index contributed by atoms with van der Waals surface area (Å²) < 4.78 is 0. The van der Waals surface area contributed by atoms with Gasteiger partial charge in [0.15, 0.2) is 0 Å². The highest BCUT2D eigenvalue weighted by molar-refractivity contribution is 5.94. The molecule has 4 N–H and O–H groups in total. The van der Waals surface area contributed by atoms with Gasteiger partial charge in [-0.1, -0.05) is 60.7 Å². The molecule has 0 spiro atoms. The van der Waals surface area contributed by atoms with E-state index >= 15 is 0 Å². The van der Waals surface area contributed by atoms with Gasteiger partial charge in [0.2, 0.25) is 23.6 Å². The minimum Gasteiger partial charge on any atom is -0.326 e. The average Bonchev–Trinajstić information content (AvgIpc) is 2.93. The number of anilines is 2. The molecule has 0 heterocycles. The molecule has 0 bridgehead atoms. The van der Waals surface area contributed by atoms with Crippen LogP contribution in [0.1, 0.15) is 36.8 Å². The van der Waals surface area contributed by atoms with Gasteiger partial charge in [0, 0.05) is 37.1 Å². The summed E-state index contributed by atoms with van der Waals surface area (Å²) in [4.78, 5) is 47.6. The van der Waals surface area contributed by atoms with Gasteiger partial charge in [0.25, 0.3) is 0 Å². The Labute approximate surface area is 220 Å². The zero-order chi connectivity index (χ0) is 27.0. The number of carbonyl (C=O) groups excluding carboxylic acids is 4. The number of amides is 4. The number of hydrogen-bond acceptors (Lipinski definition) is 6. The van der Waals surface area contributed by atoms with E-state index < -0.39 is 0 Å². The number of hydrazone groups is 2. The number of carbonyl (C=O) groups is 4.